The van der Waals surface area contributed by atoms with E-state index in [4.69, 9.17) is 11.6 Å². The van der Waals surface area contributed by atoms with Crippen molar-refractivity contribution in [2.24, 2.45) is 5.92 Å². The normalized spacial score (nSPS) is 31.6. The maximum atomic E-state index is 11.1. The third kappa shape index (κ3) is 4.60. The van der Waals surface area contributed by atoms with Gasteiger partial charge in [0.1, 0.15) is 9.84 Å². The molecule has 1 saturated carbocycles. The van der Waals surface area contributed by atoms with Crippen LogP contribution in [0.5, 0.6) is 0 Å². The lowest BCUT2D eigenvalue weighted by Gasteiger charge is -2.39. The molecule has 5 heteroatoms. The highest BCUT2D eigenvalue weighted by atomic mass is 35.5. The minimum absolute atomic E-state index is 0.0378. The van der Waals surface area contributed by atoms with E-state index < -0.39 is 9.84 Å². The molecule has 0 aliphatic heterocycles. The SMILES string of the molecule is CC1CCCC(CCl)(NCCS(C)(=O)=O)C1. The summed E-state index contributed by atoms with van der Waals surface area (Å²) in [5.74, 6) is 1.44. The number of hydrogen-bond donors (Lipinski definition) is 1. The fraction of sp³-hybridized carbons (Fsp3) is 1.00. The van der Waals surface area contributed by atoms with Crippen LogP contribution in [0.15, 0.2) is 0 Å². The van der Waals surface area contributed by atoms with Crippen molar-refractivity contribution in [2.45, 2.75) is 38.1 Å². The van der Waals surface area contributed by atoms with Gasteiger partial charge in [0.05, 0.1) is 5.75 Å². The largest absolute Gasteiger partial charge is 0.309 e. The van der Waals surface area contributed by atoms with Crippen LogP contribution in [-0.4, -0.2) is 38.4 Å². The van der Waals surface area contributed by atoms with Crippen molar-refractivity contribution in [1.29, 1.82) is 0 Å². The van der Waals surface area contributed by atoms with Gasteiger partial charge in [0.2, 0.25) is 0 Å². The monoisotopic (exact) mass is 267 g/mol. The molecule has 0 bridgehead atoms. The van der Waals surface area contributed by atoms with E-state index in [1.165, 1.54) is 19.1 Å². The van der Waals surface area contributed by atoms with Gasteiger partial charge in [-0.15, -0.1) is 11.6 Å². The molecule has 2 atom stereocenters. The van der Waals surface area contributed by atoms with Gasteiger partial charge in [-0.2, -0.15) is 0 Å². The van der Waals surface area contributed by atoms with E-state index in [0.29, 0.717) is 18.3 Å². The molecule has 0 aromatic carbocycles. The number of rotatable bonds is 5. The van der Waals surface area contributed by atoms with Crippen LogP contribution in [0.3, 0.4) is 0 Å². The smallest absolute Gasteiger partial charge is 0.148 e. The van der Waals surface area contributed by atoms with E-state index in [0.717, 1.165) is 12.8 Å². The number of hydrogen-bond acceptors (Lipinski definition) is 3. The topological polar surface area (TPSA) is 46.2 Å². The minimum atomic E-state index is -2.88. The fourth-order valence-electron chi connectivity index (χ4n) is 2.49. The maximum Gasteiger partial charge on any atom is 0.148 e. The van der Waals surface area contributed by atoms with Crippen LogP contribution < -0.4 is 5.32 Å². The Bertz CT molecular complexity index is 318. The van der Waals surface area contributed by atoms with Crippen molar-refractivity contribution in [3.8, 4) is 0 Å². The molecule has 1 rings (SSSR count). The van der Waals surface area contributed by atoms with Crippen molar-refractivity contribution in [1.82, 2.24) is 5.32 Å². The van der Waals surface area contributed by atoms with Gasteiger partial charge in [-0.3, -0.25) is 0 Å². The Labute approximate surface area is 104 Å². The lowest BCUT2D eigenvalue weighted by atomic mass is 9.77. The first-order valence-electron chi connectivity index (χ1n) is 5.86. The summed E-state index contributed by atoms with van der Waals surface area (Å²) >= 11 is 6.04. The molecular formula is C11H22ClNO2S. The zero-order valence-electron chi connectivity index (χ0n) is 10.1. The second kappa shape index (κ2) is 5.69. The summed E-state index contributed by atoms with van der Waals surface area (Å²) in [7, 11) is -2.88. The molecule has 3 nitrogen and oxygen atoms in total. The highest BCUT2D eigenvalue weighted by Gasteiger charge is 2.33. The van der Waals surface area contributed by atoms with E-state index in [-0.39, 0.29) is 11.3 Å². The summed E-state index contributed by atoms with van der Waals surface area (Å²) < 4.78 is 22.1. The van der Waals surface area contributed by atoms with E-state index >= 15 is 0 Å². The molecule has 2 unspecified atom stereocenters. The van der Waals surface area contributed by atoms with E-state index in [9.17, 15) is 8.42 Å². The maximum absolute atomic E-state index is 11.1. The van der Waals surface area contributed by atoms with Gasteiger partial charge in [0.15, 0.2) is 0 Å². The van der Waals surface area contributed by atoms with Crippen molar-refractivity contribution in [3.63, 3.8) is 0 Å². The van der Waals surface area contributed by atoms with E-state index in [1.807, 2.05) is 0 Å². The molecule has 0 saturated heterocycles. The average molecular weight is 268 g/mol. The van der Waals surface area contributed by atoms with Crippen molar-refractivity contribution < 1.29 is 8.42 Å². The number of nitrogens with one attached hydrogen (secondary N) is 1. The lowest BCUT2D eigenvalue weighted by Crippen LogP contribution is -2.51. The summed E-state index contributed by atoms with van der Waals surface area (Å²) in [6, 6.07) is 0. The zero-order valence-corrected chi connectivity index (χ0v) is 11.7. The van der Waals surface area contributed by atoms with Crippen LogP contribution in [-0.2, 0) is 9.84 Å². The van der Waals surface area contributed by atoms with Gasteiger partial charge in [-0.05, 0) is 18.8 Å². The Morgan fingerprint density at radius 1 is 1.50 bits per heavy atom. The average Bonchev–Trinajstić information content (AvgIpc) is 2.16. The highest BCUT2D eigenvalue weighted by molar-refractivity contribution is 7.90. The summed E-state index contributed by atoms with van der Waals surface area (Å²) in [5.41, 5.74) is -0.0378. The quantitative estimate of drug-likeness (QED) is 0.773. The Hall–Kier alpha value is 0.200. The molecule has 0 spiro atoms. The number of sulfone groups is 1. The van der Waals surface area contributed by atoms with E-state index in [2.05, 4.69) is 12.2 Å². The fourth-order valence-corrected chi connectivity index (χ4v) is 3.30. The number of alkyl halides is 1. The van der Waals surface area contributed by atoms with Gasteiger partial charge in [-0.1, -0.05) is 19.8 Å². The van der Waals surface area contributed by atoms with Gasteiger partial charge >= 0.3 is 0 Å². The Kier molecular flexibility index (Phi) is 5.08. The first kappa shape index (κ1) is 14.3. The van der Waals surface area contributed by atoms with Crippen molar-refractivity contribution in [2.75, 3.05) is 24.4 Å². The van der Waals surface area contributed by atoms with Crippen molar-refractivity contribution in [3.05, 3.63) is 0 Å². The first-order chi connectivity index (χ1) is 7.37. The zero-order chi connectivity index (χ0) is 12.2. The lowest BCUT2D eigenvalue weighted by molar-refractivity contribution is 0.213. The number of halogens is 1. The van der Waals surface area contributed by atoms with Gasteiger partial charge in [0, 0.05) is 24.2 Å². The van der Waals surface area contributed by atoms with Crippen LogP contribution in [0, 0.1) is 5.92 Å². The standard InChI is InChI=1S/C11H22ClNO2S/c1-10-4-3-5-11(8-10,9-12)13-6-7-16(2,14)15/h10,13H,3-9H2,1-2H3. The van der Waals surface area contributed by atoms with Crippen LogP contribution in [0.1, 0.15) is 32.6 Å². The third-order valence-corrected chi connectivity index (χ3v) is 4.78. The molecule has 0 heterocycles. The van der Waals surface area contributed by atoms with Crippen LogP contribution >= 0.6 is 11.6 Å². The molecule has 0 aromatic rings. The Balaban J connectivity index is 2.47. The second-order valence-corrected chi connectivity index (χ2v) is 7.70. The van der Waals surface area contributed by atoms with Crippen LogP contribution in [0.2, 0.25) is 0 Å². The van der Waals surface area contributed by atoms with Crippen molar-refractivity contribution >= 4 is 21.4 Å². The summed E-state index contributed by atoms with van der Waals surface area (Å²) in [6.07, 6.45) is 5.82. The highest BCUT2D eigenvalue weighted by Crippen LogP contribution is 2.32. The molecule has 1 aliphatic rings. The predicted octanol–water partition coefficient (Wildman–Crippen LogP) is 1.81. The molecule has 16 heavy (non-hydrogen) atoms. The Morgan fingerprint density at radius 3 is 2.69 bits per heavy atom. The molecule has 1 aliphatic carbocycles. The predicted molar refractivity (Wildman–Crippen MR) is 68.8 cm³/mol. The van der Waals surface area contributed by atoms with Gasteiger partial charge < -0.3 is 5.32 Å². The molecule has 96 valence electrons. The molecule has 0 radical (unpaired) electrons. The summed E-state index contributed by atoms with van der Waals surface area (Å²) in [6.45, 7) is 2.75. The van der Waals surface area contributed by atoms with E-state index in [1.54, 1.807) is 0 Å². The molecule has 0 amide bonds. The second-order valence-electron chi connectivity index (χ2n) is 5.17. The molecular weight excluding hydrogens is 246 g/mol. The summed E-state index contributed by atoms with van der Waals surface area (Å²) in [5, 5.41) is 3.36. The molecule has 1 N–H and O–H groups in total. The summed E-state index contributed by atoms with van der Waals surface area (Å²) in [4.78, 5) is 0. The minimum Gasteiger partial charge on any atom is -0.309 e. The third-order valence-electron chi connectivity index (χ3n) is 3.32. The van der Waals surface area contributed by atoms with Gasteiger partial charge in [-0.25, -0.2) is 8.42 Å². The molecule has 1 fully saturated rings. The molecule has 0 aromatic heterocycles. The van der Waals surface area contributed by atoms with Crippen LogP contribution in [0.25, 0.3) is 0 Å². The van der Waals surface area contributed by atoms with Gasteiger partial charge in [0.25, 0.3) is 0 Å². The Morgan fingerprint density at radius 2 is 2.19 bits per heavy atom. The van der Waals surface area contributed by atoms with Crippen LogP contribution in [0.4, 0.5) is 0 Å². The first-order valence-corrected chi connectivity index (χ1v) is 8.45.